The summed E-state index contributed by atoms with van der Waals surface area (Å²) < 4.78 is 2.00. The fourth-order valence-corrected chi connectivity index (χ4v) is 3.37. The molecule has 2 aromatic carbocycles. The molecule has 0 saturated heterocycles. The van der Waals surface area contributed by atoms with E-state index in [1.807, 2.05) is 18.2 Å². The Morgan fingerprint density at radius 1 is 1.25 bits per heavy atom. The summed E-state index contributed by atoms with van der Waals surface area (Å²) in [7, 11) is 0. The molecule has 0 radical (unpaired) electrons. The van der Waals surface area contributed by atoms with Gasteiger partial charge in [0, 0.05) is 16.1 Å². The van der Waals surface area contributed by atoms with Crippen molar-refractivity contribution in [3.8, 4) is 10.6 Å². The summed E-state index contributed by atoms with van der Waals surface area (Å²) in [6, 6.07) is 10.5. The molecule has 5 nitrogen and oxygen atoms in total. The average Bonchev–Trinajstić information content (AvgIpc) is 2.81. The Morgan fingerprint density at radius 3 is 2.80 bits per heavy atom. The van der Waals surface area contributed by atoms with E-state index in [4.69, 9.17) is 5.73 Å². The molecule has 0 saturated carbocycles. The lowest BCUT2D eigenvalue weighted by Gasteiger charge is -1.99. The summed E-state index contributed by atoms with van der Waals surface area (Å²) in [5, 5.41) is 11.7. The number of halogens is 1. The van der Waals surface area contributed by atoms with Crippen molar-refractivity contribution in [3.63, 3.8) is 0 Å². The Balaban J connectivity index is 2.15. The monoisotopic (exact) mass is 349 g/mol. The molecule has 0 aliphatic heterocycles. The fraction of sp³-hybridized carbons (Fsp3) is 0. The standard InChI is InChI=1S/C13H8BrN3O2S/c14-8-2-4-10-12(6-8)20-13(16-10)7-1-3-9(15)11(5-7)17(18)19/h1-6H,15H2. The predicted molar refractivity (Wildman–Crippen MR) is 83.8 cm³/mol. The largest absolute Gasteiger partial charge is 0.393 e. The van der Waals surface area contributed by atoms with E-state index >= 15 is 0 Å². The molecule has 20 heavy (non-hydrogen) atoms. The quantitative estimate of drug-likeness (QED) is 0.426. The molecule has 1 heterocycles. The van der Waals surface area contributed by atoms with Crippen LogP contribution < -0.4 is 5.73 Å². The van der Waals surface area contributed by atoms with E-state index in [1.165, 1.54) is 23.5 Å². The summed E-state index contributed by atoms with van der Waals surface area (Å²) in [5.74, 6) is 0. The highest BCUT2D eigenvalue weighted by Crippen LogP contribution is 2.34. The second-order valence-electron chi connectivity index (χ2n) is 4.16. The molecule has 100 valence electrons. The number of benzene rings is 2. The zero-order valence-corrected chi connectivity index (χ0v) is 12.4. The van der Waals surface area contributed by atoms with Gasteiger partial charge in [0.2, 0.25) is 0 Å². The highest BCUT2D eigenvalue weighted by Gasteiger charge is 2.15. The first-order valence-electron chi connectivity index (χ1n) is 5.65. The molecule has 1 aromatic heterocycles. The Morgan fingerprint density at radius 2 is 2.05 bits per heavy atom. The van der Waals surface area contributed by atoms with Crippen molar-refractivity contribution in [1.29, 1.82) is 0 Å². The van der Waals surface area contributed by atoms with E-state index in [0.717, 1.165) is 19.7 Å². The molecule has 0 amide bonds. The minimum Gasteiger partial charge on any atom is -0.393 e. The normalized spacial score (nSPS) is 10.8. The lowest BCUT2D eigenvalue weighted by atomic mass is 10.2. The van der Waals surface area contributed by atoms with Gasteiger partial charge in [-0.15, -0.1) is 11.3 Å². The maximum absolute atomic E-state index is 10.9. The zero-order valence-electron chi connectivity index (χ0n) is 10.0. The third kappa shape index (κ3) is 2.25. The number of nitrogens with two attached hydrogens (primary N) is 1. The first-order valence-corrected chi connectivity index (χ1v) is 7.26. The van der Waals surface area contributed by atoms with Gasteiger partial charge in [-0.25, -0.2) is 4.98 Å². The molecule has 2 N–H and O–H groups in total. The van der Waals surface area contributed by atoms with Crippen molar-refractivity contribution in [3.05, 3.63) is 51.0 Å². The van der Waals surface area contributed by atoms with Gasteiger partial charge in [0.1, 0.15) is 10.7 Å². The molecular weight excluding hydrogens is 342 g/mol. The van der Waals surface area contributed by atoms with Crippen LogP contribution in [0.25, 0.3) is 20.8 Å². The number of nitro benzene ring substituents is 1. The lowest BCUT2D eigenvalue weighted by molar-refractivity contribution is -0.383. The van der Waals surface area contributed by atoms with Crippen LogP contribution in [0.5, 0.6) is 0 Å². The van der Waals surface area contributed by atoms with E-state index in [9.17, 15) is 10.1 Å². The number of thiazole rings is 1. The van der Waals surface area contributed by atoms with Crippen molar-refractivity contribution in [2.24, 2.45) is 0 Å². The number of rotatable bonds is 2. The van der Waals surface area contributed by atoms with E-state index in [1.54, 1.807) is 6.07 Å². The Hall–Kier alpha value is -1.99. The van der Waals surface area contributed by atoms with Gasteiger partial charge in [-0.2, -0.15) is 0 Å². The maximum atomic E-state index is 10.9. The van der Waals surface area contributed by atoms with Crippen LogP contribution in [0.2, 0.25) is 0 Å². The van der Waals surface area contributed by atoms with Crippen LogP contribution in [0.15, 0.2) is 40.9 Å². The minimum absolute atomic E-state index is 0.0945. The number of hydrogen-bond donors (Lipinski definition) is 1. The van der Waals surface area contributed by atoms with Crippen LogP contribution in [0.4, 0.5) is 11.4 Å². The second-order valence-corrected chi connectivity index (χ2v) is 6.11. The number of hydrogen-bond acceptors (Lipinski definition) is 5. The van der Waals surface area contributed by atoms with Gasteiger partial charge < -0.3 is 5.73 Å². The minimum atomic E-state index is -0.483. The van der Waals surface area contributed by atoms with Gasteiger partial charge in [0.05, 0.1) is 15.1 Å². The van der Waals surface area contributed by atoms with Crippen LogP contribution in [0.1, 0.15) is 0 Å². The number of nitro groups is 1. The number of fused-ring (bicyclic) bond motifs is 1. The van der Waals surface area contributed by atoms with Gasteiger partial charge in [-0.3, -0.25) is 10.1 Å². The number of nitrogen functional groups attached to an aromatic ring is 1. The average molecular weight is 350 g/mol. The highest BCUT2D eigenvalue weighted by molar-refractivity contribution is 9.10. The van der Waals surface area contributed by atoms with Crippen LogP contribution >= 0.6 is 27.3 Å². The predicted octanol–water partition coefficient (Wildman–Crippen LogP) is 4.22. The smallest absolute Gasteiger partial charge is 0.292 e. The number of aromatic nitrogens is 1. The van der Waals surface area contributed by atoms with Crippen LogP contribution in [-0.4, -0.2) is 9.91 Å². The first-order chi connectivity index (χ1) is 9.54. The zero-order chi connectivity index (χ0) is 14.3. The summed E-state index contributed by atoms with van der Waals surface area (Å²) in [6.07, 6.45) is 0. The van der Waals surface area contributed by atoms with E-state index in [0.29, 0.717) is 5.56 Å². The molecule has 0 bridgehead atoms. The Bertz CT molecular complexity index is 832. The number of anilines is 1. The van der Waals surface area contributed by atoms with Crippen molar-refractivity contribution in [2.75, 3.05) is 5.73 Å². The molecule has 0 atom stereocenters. The molecule has 0 fully saturated rings. The van der Waals surface area contributed by atoms with Gasteiger partial charge in [-0.1, -0.05) is 15.9 Å². The Kier molecular flexibility index (Phi) is 3.15. The first kappa shape index (κ1) is 13.0. The third-order valence-electron chi connectivity index (χ3n) is 2.82. The lowest BCUT2D eigenvalue weighted by Crippen LogP contribution is -1.95. The number of nitrogens with zero attached hydrogens (tertiary/aromatic N) is 2. The second kappa shape index (κ2) is 4.84. The third-order valence-corrected chi connectivity index (χ3v) is 4.39. The molecule has 0 spiro atoms. The van der Waals surface area contributed by atoms with E-state index in [2.05, 4.69) is 20.9 Å². The van der Waals surface area contributed by atoms with Crippen molar-refractivity contribution >= 4 is 48.9 Å². The molecule has 3 aromatic rings. The van der Waals surface area contributed by atoms with Gasteiger partial charge in [0.15, 0.2) is 0 Å². The molecular formula is C13H8BrN3O2S. The summed E-state index contributed by atoms with van der Waals surface area (Å²) in [4.78, 5) is 14.9. The molecule has 0 unspecified atom stereocenters. The highest BCUT2D eigenvalue weighted by atomic mass is 79.9. The van der Waals surface area contributed by atoms with Crippen LogP contribution in [0.3, 0.4) is 0 Å². The fourth-order valence-electron chi connectivity index (χ4n) is 1.86. The van der Waals surface area contributed by atoms with Crippen molar-refractivity contribution in [2.45, 2.75) is 0 Å². The van der Waals surface area contributed by atoms with E-state index < -0.39 is 4.92 Å². The van der Waals surface area contributed by atoms with Crippen LogP contribution in [-0.2, 0) is 0 Å². The summed E-state index contributed by atoms with van der Waals surface area (Å²) in [6.45, 7) is 0. The topological polar surface area (TPSA) is 82.0 Å². The summed E-state index contributed by atoms with van der Waals surface area (Å²) >= 11 is 4.90. The van der Waals surface area contributed by atoms with Gasteiger partial charge in [0.25, 0.3) is 5.69 Å². The molecule has 0 aliphatic rings. The van der Waals surface area contributed by atoms with Crippen LogP contribution in [0, 0.1) is 10.1 Å². The van der Waals surface area contributed by atoms with Gasteiger partial charge in [-0.05, 0) is 30.3 Å². The van der Waals surface area contributed by atoms with Gasteiger partial charge >= 0.3 is 0 Å². The van der Waals surface area contributed by atoms with E-state index in [-0.39, 0.29) is 11.4 Å². The maximum Gasteiger partial charge on any atom is 0.292 e. The van der Waals surface area contributed by atoms with Crippen molar-refractivity contribution < 1.29 is 4.92 Å². The Labute approximate surface area is 126 Å². The molecule has 3 rings (SSSR count). The molecule has 7 heteroatoms. The SMILES string of the molecule is Nc1ccc(-c2nc3ccc(Br)cc3s2)cc1[N+](=O)[O-]. The summed E-state index contributed by atoms with van der Waals surface area (Å²) in [5.41, 5.74) is 7.22. The molecule has 0 aliphatic carbocycles. The van der Waals surface area contributed by atoms with Crippen molar-refractivity contribution in [1.82, 2.24) is 4.98 Å².